The van der Waals surface area contributed by atoms with Gasteiger partial charge in [0.25, 0.3) is 0 Å². The maximum Gasteiger partial charge on any atom is 0.0771 e. The van der Waals surface area contributed by atoms with E-state index in [1.165, 1.54) is 19.3 Å². The zero-order valence-corrected chi connectivity index (χ0v) is 12.4. The third-order valence-corrected chi connectivity index (χ3v) is 4.55. The van der Waals surface area contributed by atoms with Crippen molar-refractivity contribution in [2.45, 2.75) is 58.2 Å². The Balaban J connectivity index is 2.10. The molecule has 0 amide bonds. The third kappa shape index (κ3) is 3.31. The molecule has 0 aromatic carbocycles. The summed E-state index contributed by atoms with van der Waals surface area (Å²) in [7, 11) is 0. The average molecular weight is 262 g/mol. The molecule has 0 spiro atoms. The third-order valence-electron chi connectivity index (χ3n) is 4.55. The van der Waals surface area contributed by atoms with Crippen LogP contribution in [0.2, 0.25) is 0 Å². The van der Waals surface area contributed by atoms with Gasteiger partial charge in [0, 0.05) is 37.4 Å². The summed E-state index contributed by atoms with van der Waals surface area (Å²) in [6.07, 6.45) is 5.27. The standard InChI is InChI=1S/C15H26N4/c1-4-14-10-16-15(5-2,6-3)12-19(14)11-13-8-7-9-17-18-13/h7-9,14,16H,4-6,10-12H2,1-3H3. The minimum atomic E-state index is 0.272. The highest BCUT2D eigenvalue weighted by atomic mass is 15.3. The van der Waals surface area contributed by atoms with Crippen molar-refractivity contribution in [2.24, 2.45) is 0 Å². The molecule has 0 aliphatic carbocycles. The van der Waals surface area contributed by atoms with E-state index in [0.29, 0.717) is 6.04 Å². The van der Waals surface area contributed by atoms with Gasteiger partial charge in [0.2, 0.25) is 0 Å². The lowest BCUT2D eigenvalue weighted by atomic mass is 9.88. The molecule has 4 nitrogen and oxygen atoms in total. The highest BCUT2D eigenvalue weighted by Crippen LogP contribution is 2.24. The van der Waals surface area contributed by atoms with Crippen molar-refractivity contribution in [1.29, 1.82) is 0 Å². The molecular weight excluding hydrogens is 236 g/mol. The molecule has 1 fully saturated rings. The lowest BCUT2D eigenvalue weighted by molar-refractivity contribution is 0.0631. The van der Waals surface area contributed by atoms with Crippen LogP contribution in [0.1, 0.15) is 45.7 Å². The van der Waals surface area contributed by atoms with E-state index in [1.807, 2.05) is 6.07 Å². The molecule has 19 heavy (non-hydrogen) atoms. The number of hydrogen-bond acceptors (Lipinski definition) is 4. The Morgan fingerprint density at radius 3 is 2.74 bits per heavy atom. The van der Waals surface area contributed by atoms with Crippen molar-refractivity contribution in [3.05, 3.63) is 24.0 Å². The summed E-state index contributed by atoms with van der Waals surface area (Å²) in [5.74, 6) is 0. The normalized spacial score (nSPS) is 23.4. The molecule has 4 heteroatoms. The van der Waals surface area contributed by atoms with E-state index in [-0.39, 0.29) is 5.54 Å². The largest absolute Gasteiger partial charge is 0.308 e. The van der Waals surface area contributed by atoms with Crippen LogP contribution in [0.5, 0.6) is 0 Å². The van der Waals surface area contributed by atoms with Gasteiger partial charge >= 0.3 is 0 Å². The summed E-state index contributed by atoms with van der Waals surface area (Å²) in [4.78, 5) is 2.58. The molecule has 1 unspecified atom stereocenters. The SMILES string of the molecule is CCC1CNC(CC)(CC)CN1Cc1cccnn1. The topological polar surface area (TPSA) is 41.0 Å². The summed E-state index contributed by atoms with van der Waals surface area (Å²) >= 11 is 0. The Hall–Kier alpha value is -1.00. The second kappa shape index (κ2) is 6.44. The first-order chi connectivity index (χ1) is 9.23. The van der Waals surface area contributed by atoms with Crippen LogP contribution in [0.4, 0.5) is 0 Å². The molecule has 0 radical (unpaired) electrons. The second-order valence-electron chi connectivity index (χ2n) is 5.55. The molecule has 1 aromatic rings. The van der Waals surface area contributed by atoms with Gasteiger partial charge in [-0.25, -0.2) is 0 Å². The molecule has 1 aliphatic heterocycles. The minimum absolute atomic E-state index is 0.272. The highest BCUT2D eigenvalue weighted by molar-refractivity contribution is 5.03. The van der Waals surface area contributed by atoms with E-state index in [0.717, 1.165) is 25.3 Å². The zero-order valence-electron chi connectivity index (χ0n) is 12.4. The van der Waals surface area contributed by atoms with Crippen LogP contribution in [0.3, 0.4) is 0 Å². The molecule has 2 rings (SSSR count). The van der Waals surface area contributed by atoms with Gasteiger partial charge in [-0.15, -0.1) is 0 Å². The second-order valence-corrected chi connectivity index (χ2v) is 5.55. The van der Waals surface area contributed by atoms with Crippen molar-refractivity contribution in [1.82, 2.24) is 20.4 Å². The number of nitrogens with one attached hydrogen (secondary N) is 1. The van der Waals surface area contributed by atoms with Crippen LogP contribution < -0.4 is 5.32 Å². The summed E-state index contributed by atoms with van der Waals surface area (Å²) in [5, 5.41) is 12.0. The summed E-state index contributed by atoms with van der Waals surface area (Å²) in [6.45, 7) is 9.93. The van der Waals surface area contributed by atoms with Crippen molar-refractivity contribution in [3.63, 3.8) is 0 Å². The van der Waals surface area contributed by atoms with Gasteiger partial charge in [-0.1, -0.05) is 20.8 Å². The van der Waals surface area contributed by atoms with Crippen LogP contribution in [0, 0.1) is 0 Å². The van der Waals surface area contributed by atoms with E-state index in [1.54, 1.807) is 6.20 Å². The number of aromatic nitrogens is 2. The summed E-state index contributed by atoms with van der Waals surface area (Å²) < 4.78 is 0. The molecule has 1 saturated heterocycles. The molecule has 2 heterocycles. The van der Waals surface area contributed by atoms with Gasteiger partial charge in [0.05, 0.1) is 5.69 Å². The van der Waals surface area contributed by atoms with E-state index >= 15 is 0 Å². The minimum Gasteiger partial charge on any atom is -0.308 e. The quantitative estimate of drug-likeness (QED) is 0.883. The number of hydrogen-bond donors (Lipinski definition) is 1. The summed E-state index contributed by atoms with van der Waals surface area (Å²) in [6, 6.07) is 4.65. The predicted octanol–water partition coefficient (Wildman–Crippen LogP) is 2.22. The Kier molecular flexibility index (Phi) is 4.88. The van der Waals surface area contributed by atoms with Gasteiger partial charge in [-0.2, -0.15) is 10.2 Å². The molecule has 0 bridgehead atoms. The molecule has 1 aliphatic rings. The monoisotopic (exact) mass is 262 g/mol. The lowest BCUT2D eigenvalue weighted by Crippen LogP contribution is -2.63. The Bertz CT molecular complexity index is 375. The first-order valence-corrected chi connectivity index (χ1v) is 7.48. The maximum atomic E-state index is 4.23. The van der Waals surface area contributed by atoms with Gasteiger partial charge in [0.15, 0.2) is 0 Å². The molecular formula is C15H26N4. The number of piperazine rings is 1. The fraction of sp³-hybridized carbons (Fsp3) is 0.733. The zero-order chi connectivity index (χ0) is 13.7. The number of nitrogens with zero attached hydrogens (tertiary/aromatic N) is 3. The molecule has 106 valence electrons. The van der Waals surface area contributed by atoms with Crippen LogP contribution in [0.25, 0.3) is 0 Å². The van der Waals surface area contributed by atoms with E-state index in [9.17, 15) is 0 Å². The van der Waals surface area contributed by atoms with Crippen LogP contribution in [-0.2, 0) is 6.54 Å². The fourth-order valence-corrected chi connectivity index (χ4v) is 2.97. The maximum absolute atomic E-state index is 4.23. The van der Waals surface area contributed by atoms with Crippen molar-refractivity contribution < 1.29 is 0 Å². The van der Waals surface area contributed by atoms with E-state index < -0.39 is 0 Å². The van der Waals surface area contributed by atoms with Crippen molar-refractivity contribution >= 4 is 0 Å². The average Bonchev–Trinajstić information content (AvgIpc) is 2.48. The number of rotatable bonds is 5. The van der Waals surface area contributed by atoms with E-state index in [4.69, 9.17) is 0 Å². The molecule has 1 N–H and O–H groups in total. The van der Waals surface area contributed by atoms with Crippen LogP contribution in [-0.4, -0.2) is 39.8 Å². The Morgan fingerprint density at radius 2 is 2.16 bits per heavy atom. The Morgan fingerprint density at radius 1 is 1.37 bits per heavy atom. The fourth-order valence-electron chi connectivity index (χ4n) is 2.97. The van der Waals surface area contributed by atoms with Gasteiger partial charge < -0.3 is 5.32 Å². The molecule has 1 aromatic heterocycles. The van der Waals surface area contributed by atoms with Crippen LogP contribution in [0.15, 0.2) is 18.3 Å². The van der Waals surface area contributed by atoms with Crippen molar-refractivity contribution in [3.8, 4) is 0 Å². The first-order valence-electron chi connectivity index (χ1n) is 7.48. The van der Waals surface area contributed by atoms with Gasteiger partial charge in [0.1, 0.15) is 0 Å². The van der Waals surface area contributed by atoms with E-state index in [2.05, 4.69) is 47.3 Å². The molecule has 1 atom stereocenters. The summed E-state index contributed by atoms with van der Waals surface area (Å²) in [5.41, 5.74) is 1.34. The lowest BCUT2D eigenvalue weighted by Gasteiger charge is -2.47. The Labute approximate surface area is 116 Å². The highest BCUT2D eigenvalue weighted by Gasteiger charge is 2.35. The molecule has 0 saturated carbocycles. The predicted molar refractivity (Wildman–Crippen MR) is 77.8 cm³/mol. The van der Waals surface area contributed by atoms with Gasteiger partial charge in [-0.3, -0.25) is 4.90 Å². The van der Waals surface area contributed by atoms with Gasteiger partial charge in [-0.05, 0) is 31.4 Å². The first kappa shape index (κ1) is 14.4. The smallest absolute Gasteiger partial charge is 0.0771 e. The van der Waals surface area contributed by atoms with Crippen molar-refractivity contribution in [2.75, 3.05) is 13.1 Å². The van der Waals surface area contributed by atoms with Crippen LogP contribution >= 0.6 is 0 Å².